The van der Waals surface area contributed by atoms with E-state index in [1.807, 2.05) is 53.1 Å². The van der Waals surface area contributed by atoms with Crippen molar-refractivity contribution in [3.05, 3.63) is 69.5 Å². The fraction of sp³-hybridized carbons (Fsp3) is 0.333. The average molecular weight is 385 g/mol. The molecule has 0 N–H and O–H groups in total. The maximum absolute atomic E-state index is 13.2. The van der Waals surface area contributed by atoms with Gasteiger partial charge in [-0.05, 0) is 42.7 Å². The second-order valence-corrected chi connectivity index (χ2v) is 8.17. The number of aromatic nitrogens is 2. The maximum atomic E-state index is 13.2. The van der Waals surface area contributed by atoms with Gasteiger partial charge in [-0.3, -0.25) is 9.36 Å². The van der Waals surface area contributed by atoms with Crippen LogP contribution in [0.3, 0.4) is 0 Å². The lowest BCUT2D eigenvalue weighted by Crippen LogP contribution is -2.29. The van der Waals surface area contributed by atoms with Crippen LogP contribution < -0.4 is 5.56 Å². The molecule has 0 aliphatic heterocycles. The van der Waals surface area contributed by atoms with E-state index >= 15 is 0 Å². The Hall–Kier alpha value is -1.78. The third-order valence-corrected chi connectivity index (χ3v) is 6.27. The summed E-state index contributed by atoms with van der Waals surface area (Å²) in [6.45, 7) is 0. The minimum absolute atomic E-state index is 0.0982. The van der Waals surface area contributed by atoms with Gasteiger partial charge in [0.15, 0.2) is 5.16 Å². The van der Waals surface area contributed by atoms with Gasteiger partial charge in [0.1, 0.15) is 0 Å². The zero-order valence-corrected chi connectivity index (χ0v) is 16.1. The smallest absolute Gasteiger partial charge is 0.262 e. The number of halogens is 1. The van der Waals surface area contributed by atoms with Crippen molar-refractivity contribution >= 4 is 34.3 Å². The molecule has 0 bridgehead atoms. The zero-order chi connectivity index (χ0) is 17.9. The Bertz CT molecular complexity index is 962. The van der Waals surface area contributed by atoms with E-state index in [1.165, 1.54) is 24.8 Å². The summed E-state index contributed by atoms with van der Waals surface area (Å²) < 4.78 is 1.96. The number of fused-ring (bicyclic) bond motifs is 1. The SMILES string of the molecule is O=c1c2ccccc2nc(SCc2ccc(Cl)cc2)n1C1CCCCC1. The Kier molecular flexibility index (Phi) is 5.32. The first-order valence-electron chi connectivity index (χ1n) is 9.11. The van der Waals surface area contributed by atoms with Crippen LogP contribution in [0.2, 0.25) is 5.02 Å². The summed E-state index contributed by atoms with van der Waals surface area (Å²) in [5, 5.41) is 2.28. The van der Waals surface area contributed by atoms with Gasteiger partial charge in [-0.25, -0.2) is 4.98 Å². The molecule has 0 spiro atoms. The highest BCUT2D eigenvalue weighted by Gasteiger charge is 2.21. The molecule has 3 aromatic rings. The van der Waals surface area contributed by atoms with Crippen LogP contribution in [0, 0.1) is 0 Å². The Labute approximate surface area is 162 Å². The van der Waals surface area contributed by atoms with Crippen molar-refractivity contribution in [2.75, 3.05) is 0 Å². The Morgan fingerprint density at radius 2 is 1.77 bits per heavy atom. The van der Waals surface area contributed by atoms with Gasteiger partial charge in [-0.1, -0.05) is 66.9 Å². The molecule has 0 atom stereocenters. The summed E-state index contributed by atoms with van der Waals surface area (Å²) in [6.07, 6.45) is 5.76. The lowest BCUT2D eigenvalue weighted by atomic mass is 9.95. The zero-order valence-electron chi connectivity index (χ0n) is 14.5. The normalized spacial score (nSPS) is 15.4. The van der Waals surface area contributed by atoms with Gasteiger partial charge in [0, 0.05) is 16.8 Å². The molecular weight excluding hydrogens is 364 g/mol. The summed E-state index contributed by atoms with van der Waals surface area (Å²) in [7, 11) is 0. The van der Waals surface area contributed by atoms with Gasteiger partial charge in [-0.2, -0.15) is 0 Å². The van der Waals surface area contributed by atoms with Crippen molar-refractivity contribution in [3.8, 4) is 0 Å². The van der Waals surface area contributed by atoms with Gasteiger partial charge in [-0.15, -0.1) is 0 Å². The Balaban J connectivity index is 1.73. The van der Waals surface area contributed by atoms with Crippen molar-refractivity contribution in [2.24, 2.45) is 0 Å². The third-order valence-electron chi connectivity index (χ3n) is 5.00. The number of nitrogens with zero attached hydrogens (tertiary/aromatic N) is 2. The first-order valence-corrected chi connectivity index (χ1v) is 10.5. The number of rotatable bonds is 4. The molecule has 134 valence electrons. The first-order chi connectivity index (χ1) is 12.7. The van der Waals surface area contributed by atoms with Crippen LogP contribution in [-0.2, 0) is 5.75 Å². The van der Waals surface area contributed by atoms with Crippen molar-refractivity contribution in [1.82, 2.24) is 9.55 Å². The second-order valence-electron chi connectivity index (χ2n) is 6.79. The average Bonchev–Trinajstić information content (AvgIpc) is 2.68. The van der Waals surface area contributed by atoms with E-state index in [0.717, 1.165) is 34.3 Å². The molecule has 0 saturated heterocycles. The summed E-state index contributed by atoms with van der Waals surface area (Å²) in [4.78, 5) is 18.0. The maximum Gasteiger partial charge on any atom is 0.262 e. The molecule has 1 saturated carbocycles. The number of hydrogen-bond donors (Lipinski definition) is 0. The minimum atomic E-state index is 0.0982. The third kappa shape index (κ3) is 3.67. The Morgan fingerprint density at radius 3 is 2.54 bits per heavy atom. The molecule has 5 heteroatoms. The van der Waals surface area contributed by atoms with Crippen LogP contribution in [0.15, 0.2) is 58.5 Å². The standard InChI is InChI=1S/C21H21ClN2OS/c22-16-12-10-15(11-13-16)14-26-21-23-19-9-5-4-8-18(19)20(25)24(21)17-6-2-1-3-7-17/h4-5,8-13,17H,1-3,6-7,14H2. The molecule has 26 heavy (non-hydrogen) atoms. The van der Waals surface area contributed by atoms with Crippen LogP contribution in [0.4, 0.5) is 0 Å². The fourth-order valence-corrected chi connectivity index (χ4v) is 4.77. The van der Waals surface area contributed by atoms with Crippen molar-refractivity contribution < 1.29 is 0 Å². The monoisotopic (exact) mass is 384 g/mol. The van der Waals surface area contributed by atoms with Crippen molar-refractivity contribution in [1.29, 1.82) is 0 Å². The van der Waals surface area contributed by atoms with Crippen LogP contribution in [0.1, 0.15) is 43.7 Å². The molecular formula is C21H21ClN2OS. The number of hydrogen-bond acceptors (Lipinski definition) is 3. The van der Waals surface area contributed by atoms with Gasteiger partial charge in [0.2, 0.25) is 0 Å². The highest BCUT2D eigenvalue weighted by atomic mass is 35.5. The molecule has 3 nitrogen and oxygen atoms in total. The molecule has 1 aliphatic carbocycles. The van der Waals surface area contributed by atoms with Crippen LogP contribution >= 0.6 is 23.4 Å². The summed E-state index contributed by atoms with van der Waals surface area (Å²) >= 11 is 7.61. The highest BCUT2D eigenvalue weighted by Crippen LogP contribution is 2.32. The molecule has 1 aromatic heterocycles. The molecule has 0 radical (unpaired) electrons. The molecule has 1 heterocycles. The molecule has 1 fully saturated rings. The quantitative estimate of drug-likeness (QED) is 0.418. The van der Waals surface area contributed by atoms with E-state index in [2.05, 4.69) is 0 Å². The summed E-state index contributed by atoms with van der Waals surface area (Å²) in [6, 6.07) is 15.8. The van der Waals surface area contributed by atoms with Gasteiger partial charge in [0.25, 0.3) is 5.56 Å². The lowest BCUT2D eigenvalue weighted by molar-refractivity contribution is 0.326. The predicted molar refractivity (Wildman–Crippen MR) is 109 cm³/mol. The van der Waals surface area contributed by atoms with E-state index in [-0.39, 0.29) is 11.6 Å². The molecule has 0 amide bonds. The molecule has 0 unspecified atom stereocenters. The number of para-hydroxylation sites is 1. The second kappa shape index (κ2) is 7.85. The van der Waals surface area contributed by atoms with E-state index in [0.29, 0.717) is 5.39 Å². The molecule has 4 rings (SSSR count). The van der Waals surface area contributed by atoms with E-state index in [9.17, 15) is 4.79 Å². The Morgan fingerprint density at radius 1 is 1.04 bits per heavy atom. The first kappa shape index (κ1) is 17.6. The van der Waals surface area contributed by atoms with Crippen LogP contribution in [0.5, 0.6) is 0 Å². The van der Waals surface area contributed by atoms with E-state index in [1.54, 1.807) is 11.8 Å². The fourth-order valence-electron chi connectivity index (χ4n) is 3.62. The van der Waals surface area contributed by atoms with E-state index < -0.39 is 0 Å². The van der Waals surface area contributed by atoms with Gasteiger partial charge in [0.05, 0.1) is 10.9 Å². The topological polar surface area (TPSA) is 34.9 Å². The lowest BCUT2D eigenvalue weighted by Gasteiger charge is -2.26. The van der Waals surface area contributed by atoms with E-state index in [4.69, 9.17) is 16.6 Å². The largest absolute Gasteiger partial charge is 0.284 e. The summed E-state index contributed by atoms with van der Waals surface area (Å²) in [5.74, 6) is 0.772. The van der Waals surface area contributed by atoms with Gasteiger partial charge >= 0.3 is 0 Å². The van der Waals surface area contributed by atoms with Gasteiger partial charge < -0.3 is 0 Å². The highest BCUT2D eigenvalue weighted by molar-refractivity contribution is 7.98. The molecule has 2 aromatic carbocycles. The molecule has 1 aliphatic rings. The van der Waals surface area contributed by atoms with Crippen LogP contribution in [-0.4, -0.2) is 9.55 Å². The number of benzene rings is 2. The van der Waals surface area contributed by atoms with Crippen molar-refractivity contribution in [3.63, 3.8) is 0 Å². The minimum Gasteiger partial charge on any atom is -0.284 e. The summed E-state index contributed by atoms with van der Waals surface area (Å²) in [5.41, 5.74) is 2.06. The number of thioether (sulfide) groups is 1. The van der Waals surface area contributed by atoms with Crippen molar-refractivity contribution in [2.45, 2.75) is 49.1 Å². The predicted octanol–water partition coefficient (Wildman–Crippen LogP) is 5.85. The van der Waals surface area contributed by atoms with Crippen LogP contribution in [0.25, 0.3) is 10.9 Å².